The molecule has 0 saturated heterocycles. The summed E-state index contributed by atoms with van der Waals surface area (Å²) in [6.45, 7) is -0.176. The van der Waals surface area contributed by atoms with Gasteiger partial charge in [-0.05, 0) is 66.8 Å². The number of pyridine rings is 1. The molecule has 2 N–H and O–H groups in total. The number of methoxy groups -OCH3 is 1. The van der Waals surface area contributed by atoms with E-state index in [1.165, 1.54) is 0 Å². The minimum atomic E-state index is -0.380. The third-order valence-corrected chi connectivity index (χ3v) is 4.42. The second-order valence-electron chi connectivity index (χ2n) is 6.39. The van der Waals surface area contributed by atoms with Gasteiger partial charge in [-0.15, -0.1) is 0 Å². The smallest absolute Gasteiger partial charge is 0.264 e. The first-order valence-corrected chi connectivity index (χ1v) is 9.71. The predicted octanol–water partition coefficient (Wildman–Crippen LogP) is 3.79. The van der Waals surface area contributed by atoms with Crippen LogP contribution in [0.2, 0.25) is 0 Å². The second kappa shape index (κ2) is 9.23. The number of amides is 1. The van der Waals surface area contributed by atoms with Crippen LogP contribution in [0.1, 0.15) is 0 Å². The van der Waals surface area contributed by atoms with Crippen LogP contribution in [-0.4, -0.2) is 34.7 Å². The number of nitrogens with zero attached hydrogens (tertiary/aromatic N) is 2. The highest BCUT2D eigenvalue weighted by molar-refractivity contribution is 7.80. The molecule has 9 heteroatoms. The van der Waals surface area contributed by atoms with E-state index < -0.39 is 0 Å². The van der Waals surface area contributed by atoms with Crippen molar-refractivity contribution in [3.8, 4) is 23.0 Å². The summed E-state index contributed by atoms with van der Waals surface area (Å²) in [6, 6.07) is 17.9. The van der Waals surface area contributed by atoms with Gasteiger partial charge in [0.05, 0.1) is 7.11 Å². The third-order valence-electron chi connectivity index (χ3n) is 4.21. The first kappa shape index (κ1) is 20.3. The lowest BCUT2D eigenvalue weighted by Crippen LogP contribution is -2.37. The molecule has 0 aliphatic heterocycles. The average molecular weight is 434 g/mol. The van der Waals surface area contributed by atoms with Crippen LogP contribution in [0.3, 0.4) is 0 Å². The highest BCUT2D eigenvalue weighted by Crippen LogP contribution is 2.25. The third kappa shape index (κ3) is 5.14. The van der Waals surface area contributed by atoms with Crippen molar-refractivity contribution in [2.75, 3.05) is 19.0 Å². The number of rotatable bonds is 6. The minimum Gasteiger partial charge on any atom is -0.497 e. The van der Waals surface area contributed by atoms with Crippen LogP contribution in [0, 0.1) is 0 Å². The highest BCUT2D eigenvalue weighted by atomic mass is 32.1. The van der Waals surface area contributed by atoms with E-state index >= 15 is 0 Å². The zero-order valence-corrected chi connectivity index (χ0v) is 17.3. The van der Waals surface area contributed by atoms with Crippen molar-refractivity contribution < 1.29 is 18.7 Å². The van der Waals surface area contributed by atoms with Gasteiger partial charge in [0.2, 0.25) is 5.89 Å². The summed E-state index contributed by atoms with van der Waals surface area (Å²) in [5.74, 6) is 1.32. The molecule has 8 nitrogen and oxygen atoms in total. The molecule has 0 spiro atoms. The van der Waals surface area contributed by atoms with Gasteiger partial charge >= 0.3 is 0 Å². The second-order valence-corrected chi connectivity index (χ2v) is 6.80. The summed E-state index contributed by atoms with van der Waals surface area (Å²) in [4.78, 5) is 20.7. The fourth-order valence-electron chi connectivity index (χ4n) is 2.77. The predicted molar refractivity (Wildman–Crippen MR) is 120 cm³/mol. The first-order valence-electron chi connectivity index (χ1n) is 9.30. The average Bonchev–Trinajstić information content (AvgIpc) is 3.22. The van der Waals surface area contributed by atoms with E-state index in [1.54, 1.807) is 49.7 Å². The summed E-state index contributed by atoms with van der Waals surface area (Å²) in [5.41, 5.74) is 2.57. The number of nitrogens with one attached hydrogen (secondary N) is 2. The number of ether oxygens (including phenoxy) is 2. The van der Waals surface area contributed by atoms with Crippen LogP contribution in [0.15, 0.2) is 71.3 Å². The maximum absolute atomic E-state index is 12.1. The molecule has 2 heterocycles. The lowest BCUT2D eigenvalue weighted by atomic mass is 10.2. The Morgan fingerprint density at radius 3 is 2.68 bits per heavy atom. The Morgan fingerprint density at radius 2 is 1.90 bits per heavy atom. The van der Waals surface area contributed by atoms with Gasteiger partial charge in [0.25, 0.3) is 5.91 Å². The van der Waals surface area contributed by atoms with E-state index in [1.807, 2.05) is 24.3 Å². The monoisotopic (exact) mass is 434 g/mol. The normalized spacial score (nSPS) is 10.5. The van der Waals surface area contributed by atoms with Crippen LogP contribution in [0.5, 0.6) is 11.5 Å². The number of hydrogen-bond acceptors (Lipinski definition) is 7. The Balaban J connectivity index is 1.33. The molecule has 4 aromatic rings. The van der Waals surface area contributed by atoms with Gasteiger partial charge < -0.3 is 19.2 Å². The summed E-state index contributed by atoms with van der Waals surface area (Å²) < 4.78 is 16.3. The van der Waals surface area contributed by atoms with Crippen molar-refractivity contribution in [3.63, 3.8) is 0 Å². The number of oxazole rings is 1. The molecule has 0 fully saturated rings. The van der Waals surface area contributed by atoms with Crippen molar-refractivity contribution in [3.05, 3.63) is 66.9 Å². The molecular weight excluding hydrogens is 416 g/mol. The van der Waals surface area contributed by atoms with Crippen LogP contribution >= 0.6 is 12.2 Å². The van der Waals surface area contributed by atoms with Gasteiger partial charge in [-0.2, -0.15) is 4.98 Å². The fraction of sp³-hybridized carbons (Fsp3) is 0.0909. The Labute approximate surface area is 183 Å². The lowest BCUT2D eigenvalue weighted by Gasteiger charge is -2.11. The van der Waals surface area contributed by atoms with Crippen LogP contribution in [0.4, 0.5) is 5.69 Å². The maximum Gasteiger partial charge on any atom is 0.264 e. The summed E-state index contributed by atoms with van der Waals surface area (Å²) in [7, 11) is 1.58. The molecule has 0 unspecified atom stereocenters. The number of benzene rings is 2. The largest absolute Gasteiger partial charge is 0.497 e. The number of fused-ring (bicyclic) bond motifs is 1. The van der Waals surface area contributed by atoms with E-state index in [4.69, 9.17) is 26.1 Å². The van der Waals surface area contributed by atoms with Gasteiger partial charge in [-0.1, -0.05) is 6.07 Å². The molecule has 1 amide bonds. The van der Waals surface area contributed by atoms with Crippen molar-refractivity contribution >= 4 is 40.2 Å². The van der Waals surface area contributed by atoms with E-state index in [0.29, 0.717) is 34.3 Å². The highest BCUT2D eigenvalue weighted by Gasteiger charge is 2.11. The van der Waals surface area contributed by atoms with E-state index in [0.717, 1.165) is 5.56 Å². The SMILES string of the molecule is COc1ccc(OCC(=O)NC(=S)Nc2cccc(-c3nc4ncccc4o3)c2)cc1. The number of carbonyl (C=O) groups excluding carboxylic acids is 1. The molecule has 0 atom stereocenters. The molecule has 2 aromatic heterocycles. The molecule has 0 aliphatic rings. The molecule has 156 valence electrons. The number of hydrogen-bond donors (Lipinski definition) is 2. The van der Waals surface area contributed by atoms with Gasteiger partial charge in [0.1, 0.15) is 11.5 Å². The first-order chi connectivity index (χ1) is 15.1. The summed E-state index contributed by atoms with van der Waals surface area (Å²) >= 11 is 5.22. The molecule has 0 saturated carbocycles. The molecule has 0 radical (unpaired) electrons. The number of aromatic nitrogens is 2. The molecular formula is C22H18N4O4S. The number of carbonyl (C=O) groups is 1. The standard InChI is InChI=1S/C22H18N4O4S/c1-28-16-7-9-17(10-8-16)29-13-19(27)25-22(31)24-15-5-2-4-14(12-15)21-26-20-18(30-21)6-3-11-23-20/h2-12H,13H2,1H3,(H2,24,25,27,31). The molecule has 31 heavy (non-hydrogen) atoms. The summed E-state index contributed by atoms with van der Waals surface area (Å²) in [5, 5.41) is 5.71. The zero-order valence-electron chi connectivity index (χ0n) is 16.5. The van der Waals surface area contributed by atoms with Gasteiger partial charge in [0.15, 0.2) is 22.9 Å². The topological polar surface area (TPSA) is 98.5 Å². The maximum atomic E-state index is 12.1. The summed E-state index contributed by atoms with van der Waals surface area (Å²) in [6.07, 6.45) is 1.66. The van der Waals surface area contributed by atoms with Crippen LogP contribution in [0.25, 0.3) is 22.7 Å². The molecule has 0 bridgehead atoms. The van der Waals surface area contributed by atoms with Gasteiger partial charge in [-0.3, -0.25) is 10.1 Å². The van der Waals surface area contributed by atoms with E-state index in [-0.39, 0.29) is 17.6 Å². The molecule has 0 aliphatic carbocycles. The Hall–Kier alpha value is -3.98. The van der Waals surface area contributed by atoms with E-state index in [2.05, 4.69) is 20.6 Å². The van der Waals surface area contributed by atoms with Gasteiger partial charge in [0, 0.05) is 17.4 Å². The van der Waals surface area contributed by atoms with Crippen LogP contribution in [-0.2, 0) is 4.79 Å². The molecule has 4 rings (SSSR count). The zero-order chi connectivity index (χ0) is 21.6. The van der Waals surface area contributed by atoms with Crippen molar-refractivity contribution in [2.24, 2.45) is 0 Å². The number of anilines is 1. The quantitative estimate of drug-likeness (QED) is 0.442. The van der Waals surface area contributed by atoms with Crippen LogP contribution < -0.4 is 20.1 Å². The van der Waals surface area contributed by atoms with Crippen molar-refractivity contribution in [2.45, 2.75) is 0 Å². The van der Waals surface area contributed by atoms with Crippen molar-refractivity contribution in [1.82, 2.24) is 15.3 Å². The van der Waals surface area contributed by atoms with Gasteiger partial charge in [-0.25, -0.2) is 4.98 Å². The Bertz CT molecular complexity index is 1190. The van der Waals surface area contributed by atoms with Crippen molar-refractivity contribution in [1.29, 1.82) is 0 Å². The minimum absolute atomic E-state index is 0.153. The molecule has 2 aromatic carbocycles. The van der Waals surface area contributed by atoms with E-state index in [9.17, 15) is 4.79 Å². The number of thiocarbonyl (C=S) groups is 1. The fourth-order valence-corrected chi connectivity index (χ4v) is 3.00. The Morgan fingerprint density at radius 1 is 1.10 bits per heavy atom. The lowest BCUT2D eigenvalue weighted by molar-refractivity contribution is -0.121. The Kier molecular flexibility index (Phi) is 6.04.